The van der Waals surface area contributed by atoms with Crippen LogP contribution in [0, 0.1) is 0 Å². The highest BCUT2D eigenvalue weighted by molar-refractivity contribution is 7.17. The highest BCUT2D eigenvalue weighted by Gasteiger charge is 2.33. The molecular weight excluding hydrogens is 238 g/mol. The van der Waals surface area contributed by atoms with Gasteiger partial charge in [0.2, 0.25) is 0 Å². The van der Waals surface area contributed by atoms with E-state index in [2.05, 4.69) is 10.3 Å². The summed E-state index contributed by atoms with van der Waals surface area (Å²) in [6.45, 7) is 3.22. The number of nitrogens with one attached hydrogen (secondary N) is 1. The molecule has 5 nitrogen and oxygen atoms in total. The Bertz CT molecular complexity index is 390. The summed E-state index contributed by atoms with van der Waals surface area (Å²) in [7, 11) is 0. The summed E-state index contributed by atoms with van der Waals surface area (Å²) < 4.78 is 0. The molecule has 1 aromatic rings. The zero-order valence-electron chi connectivity index (χ0n) is 9.85. The molecule has 1 aliphatic carbocycles. The molecule has 0 radical (unpaired) electrons. The van der Waals surface area contributed by atoms with Gasteiger partial charge >= 0.3 is 0 Å². The van der Waals surface area contributed by atoms with E-state index < -0.39 is 0 Å². The van der Waals surface area contributed by atoms with Crippen LogP contribution in [0.25, 0.3) is 0 Å². The fourth-order valence-corrected chi connectivity index (χ4v) is 2.53. The van der Waals surface area contributed by atoms with Crippen molar-refractivity contribution in [2.75, 3.05) is 25.0 Å². The third-order valence-electron chi connectivity index (χ3n) is 2.63. The van der Waals surface area contributed by atoms with Crippen LogP contribution in [-0.2, 0) is 0 Å². The number of carbonyl (C=O) groups is 1. The molecule has 0 aromatic carbocycles. The lowest BCUT2D eigenvalue weighted by Gasteiger charge is -2.20. The summed E-state index contributed by atoms with van der Waals surface area (Å²) in [6, 6.07) is 0.319. The summed E-state index contributed by atoms with van der Waals surface area (Å²) in [5.41, 5.74) is 0. The molecular formula is C11H17N3O2S. The summed E-state index contributed by atoms with van der Waals surface area (Å²) in [4.78, 5) is 18.7. The number of nitrogens with zero attached hydrogens (tertiary/aromatic N) is 2. The van der Waals surface area contributed by atoms with E-state index in [0.717, 1.165) is 24.5 Å². The van der Waals surface area contributed by atoms with Crippen LogP contribution in [0.1, 0.15) is 29.4 Å². The van der Waals surface area contributed by atoms with Gasteiger partial charge in [-0.3, -0.25) is 4.79 Å². The van der Waals surface area contributed by atoms with Crippen molar-refractivity contribution in [2.45, 2.75) is 25.8 Å². The van der Waals surface area contributed by atoms with Gasteiger partial charge in [-0.1, -0.05) is 11.3 Å². The molecule has 1 saturated carbocycles. The molecule has 0 saturated heterocycles. The maximum Gasteiger partial charge on any atom is 0.265 e. The zero-order valence-corrected chi connectivity index (χ0v) is 10.7. The van der Waals surface area contributed by atoms with Gasteiger partial charge in [0.25, 0.3) is 5.91 Å². The van der Waals surface area contributed by atoms with E-state index in [4.69, 9.17) is 5.11 Å². The first-order valence-corrected chi connectivity index (χ1v) is 6.69. The third-order valence-corrected chi connectivity index (χ3v) is 3.58. The van der Waals surface area contributed by atoms with Gasteiger partial charge in [0.1, 0.15) is 4.88 Å². The number of thiazole rings is 1. The highest BCUT2D eigenvalue weighted by atomic mass is 32.1. The Morgan fingerprint density at radius 3 is 3.06 bits per heavy atom. The number of amides is 1. The predicted octanol–water partition coefficient (Wildman–Crippen LogP) is 1.17. The summed E-state index contributed by atoms with van der Waals surface area (Å²) in [6.07, 6.45) is 3.70. The van der Waals surface area contributed by atoms with Crippen LogP contribution in [0.15, 0.2) is 6.20 Å². The van der Waals surface area contributed by atoms with E-state index in [0.29, 0.717) is 17.5 Å². The fourth-order valence-electron chi connectivity index (χ4n) is 1.69. The van der Waals surface area contributed by atoms with E-state index in [1.54, 1.807) is 11.1 Å². The van der Waals surface area contributed by atoms with Gasteiger partial charge in [-0.05, 0) is 19.8 Å². The Labute approximate surface area is 104 Å². The lowest BCUT2D eigenvalue weighted by atomic mass is 10.4. The van der Waals surface area contributed by atoms with Crippen molar-refractivity contribution < 1.29 is 9.90 Å². The maximum atomic E-state index is 12.2. The Balaban J connectivity index is 2.05. The molecule has 1 aliphatic rings. The van der Waals surface area contributed by atoms with Crippen LogP contribution < -0.4 is 5.32 Å². The molecule has 0 atom stereocenters. The smallest absolute Gasteiger partial charge is 0.265 e. The van der Waals surface area contributed by atoms with Crippen molar-refractivity contribution in [3.8, 4) is 0 Å². The van der Waals surface area contributed by atoms with Crippen LogP contribution in [-0.4, -0.2) is 46.6 Å². The maximum absolute atomic E-state index is 12.2. The molecule has 1 aromatic heterocycles. The molecule has 6 heteroatoms. The Morgan fingerprint density at radius 2 is 2.47 bits per heavy atom. The number of aliphatic hydroxyl groups excluding tert-OH is 1. The molecule has 17 heavy (non-hydrogen) atoms. The van der Waals surface area contributed by atoms with E-state index >= 15 is 0 Å². The molecule has 2 rings (SSSR count). The van der Waals surface area contributed by atoms with Gasteiger partial charge in [-0.15, -0.1) is 0 Å². The predicted molar refractivity (Wildman–Crippen MR) is 67.4 cm³/mol. The first kappa shape index (κ1) is 12.3. The molecule has 1 heterocycles. The lowest BCUT2D eigenvalue weighted by molar-refractivity contribution is 0.0712. The van der Waals surface area contributed by atoms with Crippen molar-refractivity contribution in [2.24, 2.45) is 0 Å². The number of carbonyl (C=O) groups excluding carboxylic acids is 1. The standard InChI is InChI=1S/C11H17N3O2S/c1-2-12-11-13-7-9(17-11)10(16)14(5-6-15)8-3-4-8/h7-8,15H,2-6H2,1H3,(H,12,13). The molecule has 0 aliphatic heterocycles. The van der Waals surface area contributed by atoms with Crippen molar-refractivity contribution in [3.63, 3.8) is 0 Å². The molecule has 0 bridgehead atoms. The van der Waals surface area contributed by atoms with E-state index in [1.165, 1.54) is 11.3 Å². The minimum absolute atomic E-state index is 0.0109. The minimum Gasteiger partial charge on any atom is -0.395 e. The van der Waals surface area contributed by atoms with Gasteiger partial charge in [-0.2, -0.15) is 0 Å². The Morgan fingerprint density at radius 1 is 1.71 bits per heavy atom. The highest BCUT2D eigenvalue weighted by Crippen LogP contribution is 2.29. The fraction of sp³-hybridized carbons (Fsp3) is 0.636. The van der Waals surface area contributed by atoms with Crippen molar-refractivity contribution in [1.29, 1.82) is 0 Å². The molecule has 2 N–H and O–H groups in total. The average molecular weight is 255 g/mol. The largest absolute Gasteiger partial charge is 0.395 e. The van der Waals surface area contributed by atoms with Crippen molar-refractivity contribution in [3.05, 3.63) is 11.1 Å². The van der Waals surface area contributed by atoms with Crippen LogP contribution in [0.3, 0.4) is 0 Å². The third kappa shape index (κ3) is 2.95. The Hall–Kier alpha value is -1.14. The lowest BCUT2D eigenvalue weighted by Crippen LogP contribution is -2.35. The quantitative estimate of drug-likeness (QED) is 0.801. The van der Waals surface area contributed by atoms with Crippen molar-refractivity contribution in [1.82, 2.24) is 9.88 Å². The summed E-state index contributed by atoms with van der Waals surface area (Å²) in [5.74, 6) is -0.0109. The SMILES string of the molecule is CCNc1ncc(C(=O)N(CCO)C2CC2)s1. The van der Waals surface area contributed by atoms with Crippen LogP contribution >= 0.6 is 11.3 Å². The van der Waals surface area contributed by atoms with Crippen molar-refractivity contribution >= 4 is 22.4 Å². The summed E-state index contributed by atoms with van der Waals surface area (Å²) >= 11 is 1.37. The second-order valence-corrected chi connectivity index (χ2v) is 5.04. The second kappa shape index (κ2) is 5.46. The number of aromatic nitrogens is 1. The number of aliphatic hydroxyl groups is 1. The molecule has 94 valence electrons. The van der Waals surface area contributed by atoms with E-state index in [9.17, 15) is 4.79 Å². The Kier molecular flexibility index (Phi) is 3.96. The van der Waals surface area contributed by atoms with Gasteiger partial charge in [0, 0.05) is 19.1 Å². The first-order valence-electron chi connectivity index (χ1n) is 5.87. The second-order valence-electron chi connectivity index (χ2n) is 4.01. The van der Waals surface area contributed by atoms with Crippen LogP contribution in [0.4, 0.5) is 5.13 Å². The molecule has 1 fully saturated rings. The van der Waals surface area contributed by atoms with Gasteiger partial charge in [-0.25, -0.2) is 4.98 Å². The van der Waals surface area contributed by atoms with Gasteiger partial charge in [0.05, 0.1) is 12.8 Å². The average Bonchev–Trinajstić information content (AvgIpc) is 3.06. The molecule has 0 unspecified atom stereocenters. The normalized spacial score (nSPS) is 14.7. The van der Waals surface area contributed by atoms with Gasteiger partial charge < -0.3 is 15.3 Å². The zero-order chi connectivity index (χ0) is 12.3. The van der Waals surface area contributed by atoms with Gasteiger partial charge in [0.15, 0.2) is 5.13 Å². The summed E-state index contributed by atoms with van der Waals surface area (Å²) in [5, 5.41) is 12.8. The van der Waals surface area contributed by atoms with E-state index in [-0.39, 0.29) is 12.5 Å². The molecule has 1 amide bonds. The number of anilines is 1. The number of hydrogen-bond acceptors (Lipinski definition) is 5. The van der Waals surface area contributed by atoms with Crippen LogP contribution in [0.5, 0.6) is 0 Å². The number of hydrogen-bond donors (Lipinski definition) is 2. The monoisotopic (exact) mass is 255 g/mol. The molecule has 0 spiro atoms. The van der Waals surface area contributed by atoms with Crippen LogP contribution in [0.2, 0.25) is 0 Å². The van der Waals surface area contributed by atoms with E-state index in [1.807, 2.05) is 6.92 Å². The minimum atomic E-state index is -0.0109. The number of rotatable bonds is 6. The topological polar surface area (TPSA) is 65.5 Å². The first-order chi connectivity index (χ1) is 8.26.